The zero-order valence-corrected chi connectivity index (χ0v) is 11.2. The van der Waals surface area contributed by atoms with E-state index in [1.54, 1.807) is 0 Å². The second kappa shape index (κ2) is 3.94. The molecule has 0 radical (unpaired) electrons. The SMILES string of the molecule is c1csc(-c2c3ccccc3cc3sccc23)c1. The molecular weight excluding hydrogens is 256 g/mol. The van der Waals surface area contributed by atoms with Crippen molar-refractivity contribution in [3.05, 3.63) is 59.3 Å². The molecule has 0 aliphatic carbocycles. The molecule has 0 aliphatic heterocycles. The molecule has 0 amide bonds. The van der Waals surface area contributed by atoms with Crippen molar-refractivity contribution in [2.24, 2.45) is 0 Å². The van der Waals surface area contributed by atoms with E-state index in [9.17, 15) is 0 Å². The first-order valence-electron chi connectivity index (χ1n) is 5.86. The zero-order valence-electron chi connectivity index (χ0n) is 9.59. The lowest BCUT2D eigenvalue weighted by atomic mass is 10.00. The van der Waals surface area contributed by atoms with Crippen molar-refractivity contribution in [1.82, 2.24) is 0 Å². The van der Waals surface area contributed by atoms with Crippen LogP contribution in [-0.4, -0.2) is 0 Å². The maximum absolute atomic E-state index is 2.30. The van der Waals surface area contributed by atoms with Gasteiger partial charge in [0.15, 0.2) is 0 Å². The fraction of sp³-hybridized carbons (Fsp3) is 0. The average molecular weight is 266 g/mol. The molecule has 0 spiro atoms. The van der Waals surface area contributed by atoms with Crippen LogP contribution < -0.4 is 0 Å². The standard InChI is InChI=1S/C16H10S2/c1-2-5-12-11(4-1)10-15-13(7-9-18-15)16(12)14-6-3-8-17-14/h1-10H. The molecule has 0 fully saturated rings. The summed E-state index contributed by atoms with van der Waals surface area (Å²) >= 11 is 3.63. The summed E-state index contributed by atoms with van der Waals surface area (Å²) in [5.41, 5.74) is 1.39. The van der Waals surface area contributed by atoms with Crippen LogP contribution in [0.4, 0.5) is 0 Å². The number of hydrogen-bond donors (Lipinski definition) is 0. The first kappa shape index (κ1) is 10.3. The molecule has 0 saturated carbocycles. The molecule has 2 heterocycles. The molecule has 0 bridgehead atoms. The van der Waals surface area contributed by atoms with Crippen LogP contribution in [0.3, 0.4) is 0 Å². The van der Waals surface area contributed by atoms with Gasteiger partial charge in [-0.05, 0) is 39.7 Å². The Hall–Kier alpha value is -1.64. The summed E-state index contributed by atoms with van der Waals surface area (Å²) in [4.78, 5) is 1.36. The maximum Gasteiger partial charge on any atom is 0.0355 e. The van der Waals surface area contributed by atoms with E-state index >= 15 is 0 Å². The van der Waals surface area contributed by atoms with E-state index in [0.717, 1.165) is 0 Å². The van der Waals surface area contributed by atoms with Gasteiger partial charge in [-0.3, -0.25) is 0 Å². The Balaban J connectivity index is 2.27. The molecule has 18 heavy (non-hydrogen) atoms. The van der Waals surface area contributed by atoms with Crippen molar-refractivity contribution in [2.75, 3.05) is 0 Å². The van der Waals surface area contributed by atoms with Gasteiger partial charge in [0.1, 0.15) is 0 Å². The molecule has 2 heteroatoms. The first-order chi connectivity index (χ1) is 8.93. The third-order valence-electron chi connectivity index (χ3n) is 3.25. The number of fused-ring (bicyclic) bond motifs is 2. The quantitative estimate of drug-likeness (QED) is 0.409. The molecule has 0 N–H and O–H groups in total. The van der Waals surface area contributed by atoms with Gasteiger partial charge in [-0.25, -0.2) is 0 Å². The summed E-state index contributed by atoms with van der Waals surface area (Å²) in [6.45, 7) is 0. The fourth-order valence-electron chi connectivity index (χ4n) is 2.46. The number of benzene rings is 2. The highest BCUT2D eigenvalue weighted by molar-refractivity contribution is 7.17. The van der Waals surface area contributed by atoms with E-state index < -0.39 is 0 Å². The third kappa shape index (κ3) is 1.43. The van der Waals surface area contributed by atoms with Crippen molar-refractivity contribution < 1.29 is 0 Å². The highest BCUT2D eigenvalue weighted by Gasteiger charge is 2.10. The Morgan fingerprint density at radius 3 is 2.56 bits per heavy atom. The Morgan fingerprint density at radius 2 is 1.67 bits per heavy atom. The Labute approximate surface area is 113 Å². The largest absolute Gasteiger partial charge is 0.144 e. The third-order valence-corrected chi connectivity index (χ3v) is 5.00. The van der Waals surface area contributed by atoms with Crippen molar-refractivity contribution in [3.8, 4) is 10.4 Å². The van der Waals surface area contributed by atoms with Gasteiger partial charge in [0, 0.05) is 20.5 Å². The molecule has 0 atom stereocenters. The molecule has 4 rings (SSSR count). The van der Waals surface area contributed by atoms with Crippen molar-refractivity contribution in [1.29, 1.82) is 0 Å². The van der Waals surface area contributed by atoms with Gasteiger partial charge in [-0.1, -0.05) is 30.3 Å². The minimum absolute atomic E-state index is 1.33. The predicted molar refractivity (Wildman–Crippen MR) is 82.6 cm³/mol. The summed E-state index contributed by atoms with van der Waals surface area (Å²) < 4.78 is 1.37. The van der Waals surface area contributed by atoms with Crippen LogP contribution in [0.15, 0.2) is 59.3 Å². The monoisotopic (exact) mass is 266 g/mol. The van der Waals surface area contributed by atoms with Crippen LogP contribution in [0.25, 0.3) is 31.3 Å². The van der Waals surface area contributed by atoms with E-state index in [-0.39, 0.29) is 0 Å². The summed E-state index contributed by atoms with van der Waals surface area (Å²) in [5.74, 6) is 0. The van der Waals surface area contributed by atoms with E-state index in [0.29, 0.717) is 0 Å². The van der Waals surface area contributed by atoms with Gasteiger partial charge in [0.05, 0.1) is 0 Å². The Bertz CT molecular complexity index is 823. The van der Waals surface area contributed by atoms with Gasteiger partial charge < -0.3 is 0 Å². The molecule has 2 aromatic carbocycles. The highest BCUT2D eigenvalue weighted by Crippen LogP contribution is 2.40. The molecule has 0 unspecified atom stereocenters. The lowest BCUT2D eigenvalue weighted by Gasteiger charge is -2.07. The van der Waals surface area contributed by atoms with E-state index in [2.05, 4.69) is 59.3 Å². The fourth-order valence-corrected chi connectivity index (χ4v) is 4.10. The van der Waals surface area contributed by atoms with Gasteiger partial charge in [-0.15, -0.1) is 22.7 Å². The summed E-state index contributed by atoms with van der Waals surface area (Å²) in [6.07, 6.45) is 0. The summed E-state index contributed by atoms with van der Waals surface area (Å²) in [5, 5.41) is 8.39. The second-order valence-corrected chi connectivity index (χ2v) is 6.18. The van der Waals surface area contributed by atoms with Crippen molar-refractivity contribution >= 4 is 43.5 Å². The summed E-state index contributed by atoms with van der Waals surface area (Å²) in [7, 11) is 0. The lowest BCUT2D eigenvalue weighted by molar-refractivity contribution is 1.80. The van der Waals surface area contributed by atoms with E-state index in [4.69, 9.17) is 0 Å². The molecular formula is C16H10S2. The van der Waals surface area contributed by atoms with Crippen LogP contribution in [0.5, 0.6) is 0 Å². The Kier molecular flexibility index (Phi) is 2.25. The molecule has 0 saturated heterocycles. The minimum Gasteiger partial charge on any atom is -0.144 e. The first-order valence-corrected chi connectivity index (χ1v) is 7.62. The topological polar surface area (TPSA) is 0 Å². The second-order valence-electron chi connectivity index (χ2n) is 4.28. The van der Waals surface area contributed by atoms with Crippen LogP contribution >= 0.6 is 22.7 Å². The zero-order chi connectivity index (χ0) is 11.9. The molecule has 4 aromatic rings. The predicted octanol–water partition coefficient (Wildman–Crippen LogP) is 5.78. The maximum atomic E-state index is 2.30. The average Bonchev–Trinajstić information content (AvgIpc) is 3.06. The normalized spacial score (nSPS) is 11.3. The molecule has 0 aliphatic rings. The highest BCUT2D eigenvalue weighted by atomic mass is 32.1. The smallest absolute Gasteiger partial charge is 0.0355 e. The minimum atomic E-state index is 1.33. The van der Waals surface area contributed by atoms with E-state index in [1.165, 1.54) is 31.3 Å². The number of thiophene rings is 2. The number of rotatable bonds is 1. The number of hydrogen-bond acceptors (Lipinski definition) is 2. The summed E-state index contributed by atoms with van der Waals surface area (Å²) in [6, 6.07) is 17.5. The molecule has 86 valence electrons. The Morgan fingerprint density at radius 1 is 0.722 bits per heavy atom. The van der Waals surface area contributed by atoms with Crippen LogP contribution in [0, 0.1) is 0 Å². The molecule has 0 nitrogen and oxygen atoms in total. The van der Waals surface area contributed by atoms with Gasteiger partial charge in [0.25, 0.3) is 0 Å². The van der Waals surface area contributed by atoms with Crippen LogP contribution in [-0.2, 0) is 0 Å². The van der Waals surface area contributed by atoms with Crippen molar-refractivity contribution in [2.45, 2.75) is 0 Å². The van der Waals surface area contributed by atoms with Crippen molar-refractivity contribution in [3.63, 3.8) is 0 Å². The molecule has 2 aromatic heterocycles. The van der Waals surface area contributed by atoms with E-state index in [1.807, 2.05) is 22.7 Å². The van der Waals surface area contributed by atoms with Gasteiger partial charge >= 0.3 is 0 Å². The van der Waals surface area contributed by atoms with Gasteiger partial charge in [-0.2, -0.15) is 0 Å². The lowest BCUT2D eigenvalue weighted by Crippen LogP contribution is -1.79. The van der Waals surface area contributed by atoms with Crippen LogP contribution in [0.1, 0.15) is 0 Å². The van der Waals surface area contributed by atoms with Gasteiger partial charge in [0.2, 0.25) is 0 Å². The van der Waals surface area contributed by atoms with Crippen LogP contribution in [0.2, 0.25) is 0 Å².